The molecule has 0 fully saturated rings. The summed E-state index contributed by atoms with van der Waals surface area (Å²) in [6.07, 6.45) is 2.04. The Morgan fingerprint density at radius 2 is 1.63 bits per heavy atom. The first kappa shape index (κ1) is 20.2. The SMILES string of the molecule is CCCCNC(=O)COC(=O)c1ccccc1NC(=O)Cc1ccccc1. The fourth-order valence-corrected chi connectivity index (χ4v) is 2.41. The van der Waals surface area contributed by atoms with E-state index in [1.165, 1.54) is 0 Å². The van der Waals surface area contributed by atoms with Crippen LogP contribution in [0.1, 0.15) is 35.7 Å². The maximum atomic E-state index is 12.3. The molecule has 0 aliphatic rings. The van der Waals surface area contributed by atoms with Crippen LogP contribution in [0.3, 0.4) is 0 Å². The van der Waals surface area contributed by atoms with Crippen LogP contribution in [0.15, 0.2) is 54.6 Å². The van der Waals surface area contributed by atoms with Crippen molar-refractivity contribution in [3.05, 3.63) is 65.7 Å². The third kappa shape index (κ3) is 6.93. The van der Waals surface area contributed by atoms with Gasteiger partial charge in [-0.25, -0.2) is 4.79 Å². The highest BCUT2D eigenvalue weighted by Crippen LogP contribution is 2.17. The van der Waals surface area contributed by atoms with E-state index in [9.17, 15) is 14.4 Å². The standard InChI is InChI=1S/C21H24N2O4/c1-2-3-13-22-20(25)15-27-21(26)17-11-7-8-12-18(17)23-19(24)14-16-9-5-4-6-10-16/h4-12H,2-3,13-15H2,1H3,(H,22,25)(H,23,24). The molecule has 142 valence electrons. The minimum absolute atomic E-state index is 0.198. The number of benzene rings is 2. The lowest BCUT2D eigenvalue weighted by Gasteiger charge is -2.11. The average Bonchev–Trinajstić information content (AvgIpc) is 2.67. The molecule has 2 N–H and O–H groups in total. The van der Waals surface area contributed by atoms with Crippen molar-refractivity contribution in [3.8, 4) is 0 Å². The van der Waals surface area contributed by atoms with E-state index in [1.54, 1.807) is 24.3 Å². The monoisotopic (exact) mass is 368 g/mol. The normalized spacial score (nSPS) is 10.1. The summed E-state index contributed by atoms with van der Waals surface area (Å²) in [5.41, 5.74) is 1.44. The van der Waals surface area contributed by atoms with Gasteiger partial charge in [-0.05, 0) is 24.1 Å². The van der Waals surface area contributed by atoms with Crippen molar-refractivity contribution in [1.82, 2.24) is 5.32 Å². The summed E-state index contributed by atoms with van der Waals surface area (Å²) in [4.78, 5) is 36.2. The molecule has 0 atom stereocenters. The number of carbonyl (C=O) groups is 3. The Bertz CT molecular complexity index is 775. The number of hydrogen-bond donors (Lipinski definition) is 2. The van der Waals surface area contributed by atoms with Crippen molar-refractivity contribution in [2.24, 2.45) is 0 Å². The van der Waals surface area contributed by atoms with Gasteiger partial charge in [-0.2, -0.15) is 0 Å². The van der Waals surface area contributed by atoms with Crippen LogP contribution in [-0.4, -0.2) is 30.9 Å². The van der Waals surface area contributed by atoms with Crippen molar-refractivity contribution in [2.75, 3.05) is 18.5 Å². The molecule has 0 saturated carbocycles. The van der Waals surface area contributed by atoms with E-state index in [-0.39, 0.29) is 30.4 Å². The summed E-state index contributed by atoms with van der Waals surface area (Å²) in [6.45, 7) is 2.23. The van der Waals surface area contributed by atoms with E-state index in [4.69, 9.17) is 4.74 Å². The lowest BCUT2D eigenvalue weighted by Crippen LogP contribution is -2.29. The van der Waals surface area contributed by atoms with Crippen LogP contribution in [0.2, 0.25) is 0 Å². The second-order valence-electron chi connectivity index (χ2n) is 6.04. The molecule has 0 bridgehead atoms. The highest BCUT2D eigenvalue weighted by Gasteiger charge is 2.16. The zero-order chi connectivity index (χ0) is 19.5. The smallest absolute Gasteiger partial charge is 0.340 e. The van der Waals surface area contributed by atoms with Crippen LogP contribution in [0.4, 0.5) is 5.69 Å². The molecule has 27 heavy (non-hydrogen) atoms. The maximum Gasteiger partial charge on any atom is 0.340 e. The fraction of sp³-hybridized carbons (Fsp3) is 0.286. The number of unbranched alkanes of at least 4 members (excludes halogenated alkanes) is 1. The Kier molecular flexibility index (Phi) is 8.03. The molecule has 0 saturated heterocycles. The van der Waals surface area contributed by atoms with Gasteiger partial charge in [-0.15, -0.1) is 0 Å². The van der Waals surface area contributed by atoms with Gasteiger partial charge in [0.25, 0.3) is 5.91 Å². The summed E-state index contributed by atoms with van der Waals surface area (Å²) in [6, 6.07) is 15.9. The van der Waals surface area contributed by atoms with E-state index in [2.05, 4.69) is 10.6 Å². The average molecular weight is 368 g/mol. The number of hydrogen-bond acceptors (Lipinski definition) is 4. The van der Waals surface area contributed by atoms with Crippen LogP contribution in [0.25, 0.3) is 0 Å². The predicted molar refractivity (Wildman–Crippen MR) is 103 cm³/mol. The Morgan fingerprint density at radius 1 is 0.926 bits per heavy atom. The van der Waals surface area contributed by atoms with Crippen molar-refractivity contribution in [1.29, 1.82) is 0 Å². The van der Waals surface area contributed by atoms with Crippen molar-refractivity contribution in [2.45, 2.75) is 26.2 Å². The van der Waals surface area contributed by atoms with Crippen molar-refractivity contribution in [3.63, 3.8) is 0 Å². The molecule has 0 aromatic heterocycles. The summed E-state index contributed by atoms with van der Waals surface area (Å²) < 4.78 is 5.06. The molecule has 2 aromatic carbocycles. The minimum atomic E-state index is -0.656. The Morgan fingerprint density at radius 3 is 2.37 bits per heavy atom. The first-order chi connectivity index (χ1) is 13.1. The second-order valence-corrected chi connectivity index (χ2v) is 6.04. The van der Waals surface area contributed by atoms with E-state index < -0.39 is 5.97 Å². The van der Waals surface area contributed by atoms with Crippen molar-refractivity contribution < 1.29 is 19.1 Å². The zero-order valence-electron chi connectivity index (χ0n) is 15.4. The lowest BCUT2D eigenvalue weighted by molar-refractivity contribution is -0.124. The Labute approximate surface area is 158 Å². The second kappa shape index (κ2) is 10.8. The first-order valence-corrected chi connectivity index (χ1v) is 8.96. The van der Waals surface area contributed by atoms with E-state index >= 15 is 0 Å². The molecule has 2 aromatic rings. The maximum absolute atomic E-state index is 12.3. The molecule has 0 unspecified atom stereocenters. The largest absolute Gasteiger partial charge is 0.452 e. The summed E-state index contributed by atoms with van der Waals surface area (Å²) in [7, 11) is 0. The van der Waals surface area contributed by atoms with Gasteiger partial charge in [0.05, 0.1) is 17.7 Å². The fourth-order valence-electron chi connectivity index (χ4n) is 2.41. The third-order valence-electron chi connectivity index (χ3n) is 3.82. The number of anilines is 1. The van der Waals surface area contributed by atoms with Gasteiger partial charge in [0.1, 0.15) is 0 Å². The van der Waals surface area contributed by atoms with Crippen LogP contribution in [0, 0.1) is 0 Å². The topological polar surface area (TPSA) is 84.5 Å². The molecular weight excluding hydrogens is 344 g/mol. The Hall–Kier alpha value is -3.15. The van der Waals surface area contributed by atoms with Gasteiger partial charge < -0.3 is 15.4 Å². The predicted octanol–water partition coefficient (Wildman–Crippen LogP) is 2.94. The summed E-state index contributed by atoms with van der Waals surface area (Å²) in [5, 5.41) is 5.41. The molecule has 0 spiro atoms. The van der Waals surface area contributed by atoms with Gasteiger partial charge in [-0.1, -0.05) is 55.8 Å². The molecule has 0 heterocycles. The molecule has 0 radical (unpaired) electrons. The van der Waals surface area contributed by atoms with Crippen LogP contribution >= 0.6 is 0 Å². The highest BCUT2D eigenvalue weighted by atomic mass is 16.5. The summed E-state index contributed by atoms with van der Waals surface area (Å²) >= 11 is 0. The van der Waals surface area contributed by atoms with Crippen LogP contribution in [0.5, 0.6) is 0 Å². The Balaban J connectivity index is 1.93. The molecule has 6 nitrogen and oxygen atoms in total. The van der Waals surface area contributed by atoms with Crippen molar-refractivity contribution >= 4 is 23.5 Å². The van der Waals surface area contributed by atoms with E-state index in [0.29, 0.717) is 12.2 Å². The number of ether oxygens (including phenoxy) is 1. The van der Waals surface area contributed by atoms with Gasteiger partial charge in [0.2, 0.25) is 5.91 Å². The molecule has 6 heteroatoms. The quantitative estimate of drug-likeness (QED) is 0.526. The number of amides is 2. The van der Waals surface area contributed by atoms with Crippen LogP contribution < -0.4 is 10.6 Å². The van der Waals surface area contributed by atoms with Gasteiger partial charge in [-0.3, -0.25) is 9.59 Å². The number of para-hydroxylation sites is 1. The molecule has 2 rings (SSSR count). The molecule has 2 amide bonds. The van der Waals surface area contributed by atoms with Gasteiger partial charge >= 0.3 is 5.97 Å². The number of carbonyl (C=O) groups excluding carboxylic acids is 3. The molecule has 0 aliphatic carbocycles. The highest BCUT2D eigenvalue weighted by molar-refractivity contribution is 6.02. The number of esters is 1. The van der Waals surface area contributed by atoms with Gasteiger partial charge in [0, 0.05) is 6.54 Å². The molecule has 0 aliphatic heterocycles. The summed E-state index contributed by atoms with van der Waals surface area (Å²) in [5.74, 6) is -1.24. The lowest BCUT2D eigenvalue weighted by atomic mass is 10.1. The van der Waals surface area contributed by atoms with Crippen LogP contribution in [-0.2, 0) is 20.7 Å². The molecular formula is C21H24N2O4. The van der Waals surface area contributed by atoms with E-state index in [1.807, 2.05) is 37.3 Å². The zero-order valence-corrected chi connectivity index (χ0v) is 15.4. The number of nitrogens with one attached hydrogen (secondary N) is 2. The number of rotatable bonds is 9. The van der Waals surface area contributed by atoms with E-state index in [0.717, 1.165) is 18.4 Å². The minimum Gasteiger partial charge on any atom is -0.452 e. The third-order valence-corrected chi connectivity index (χ3v) is 3.82. The van der Waals surface area contributed by atoms with Gasteiger partial charge in [0.15, 0.2) is 6.61 Å². The first-order valence-electron chi connectivity index (χ1n) is 8.96.